The lowest BCUT2D eigenvalue weighted by molar-refractivity contribution is -0.275. The summed E-state index contributed by atoms with van der Waals surface area (Å²) >= 11 is 0. The van der Waals surface area contributed by atoms with Gasteiger partial charge in [0, 0.05) is 19.5 Å². The Morgan fingerprint density at radius 2 is 1.22 bits per heavy atom. The van der Waals surface area contributed by atoms with Gasteiger partial charge in [-0.1, -0.05) is 54.6 Å². The Morgan fingerprint density at radius 3 is 1.65 bits per heavy atom. The van der Waals surface area contributed by atoms with Gasteiger partial charge in [-0.05, 0) is 81.0 Å². The number of carbonyl (C=O) groups excluding carboxylic acids is 3. The van der Waals surface area contributed by atoms with Gasteiger partial charge in [-0.25, -0.2) is 9.59 Å². The maximum absolute atomic E-state index is 14.2. The number of primary amides is 1. The lowest BCUT2D eigenvalue weighted by Gasteiger charge is -2.29. The highest BCUT2D eigenvalue weighted by molar-refractivity contribution is 5.85. The highest BCUT2D eigenvalue weighted by Crippen LogP contribution is 2.26. The second kappa shape index (κ2) is 17.7. The molecule has 278 valence electrons. The third-order valence-corrected chi connectivity index (χ3v) is 6.97. The van der Waals surface area contributed by atoms with E-state index in [1.165, 1.54) is 29.2 Å². The number of alkyl carbamates (subject to hydrolysis) is 1. The Kier molecular flexibility index (Phi) is 14.0. The van der Waals surface area contributed by atoms with Gasteiger partial charge < -0.3 is 34.9 Å². The molecule has 3 aromatic carbocycles. The minimum atomic E-state index is -4.92. The molecule has 16 heteroatoms. The molecule has 3 aromatic rings. The summed E-state index contributed by atoms with van der Waals surface area (Å²) in [7, 11) is 0. The van der Waals surface area contributed by atoms with Crippen LogP contribution in [0.2, 0.25) is 0 Å². The first kappa shape index (κ1) is 40.3. The molecule has 0 aromatic heterocycles. The Morgan fingerprint density at radius 1 is 0.725 bits per heavy atom. The fourth-order valence-electron chi connectivity index (χ4n) is 4.97. The van der Waals surface area contributed by atoms with Gasteiger partial charge in [0.1, 0.15) is 29.2 Å². The Balaban J connectivity index is 1.89. The molecule has 0 radical (unpaired) electrons. The second-order valence-corrected chi connectivity index (χ2v) is 12.5. The molecule has 0 aliphatic heterocycles. The van der Waals surface area contributed by atoms with Crippen molar-refractivity contribution in [2.45, 2.75) is 90.0 Å². The normalized spacial score (nSPS) is 13.0. The molecule has 0 saturated carbocycles. The topological polar surface area (TPSA) is 129 Å². The predicted octanol–water partition coefficient (Wildman–Crippen LogP) is 7.78. The van der Waals surface area contributed by atoms with E-state index in [-0.39, 0.29) is 32.4 Å². The number of ether oxygens (including phenoxy) is 4. The summed E-state index contributed by atoms with van der Waals surface area (Å²) < 4.78 is 94.8. The van der Waals surface area contributed by atoms with Crippen LogP contribution < -0.4 is 20.5 Å². The fourth-order valence-corrected chi connectivity index (χ4v) is 4.97. The lowest BCUT2D eigenvalue weighted by Crippen LogP contribution is -2.49. The quantitative estimate of drug-likeness (QED) is 0.153. The van der Waals surface area contributed by atoms with Crippen molar-refractivity contribution in [1.29, 1.82) is 0 Å². The van der Waals surface area contributed by atoms with E-state index >= 15 is 0 Å². The summed E-state index contributed by atoms with van der Waals surface area (Å²) in [6.07, 6.45) is -11.5. The molecular formula is C35H39F6N3O7. The maximum atomic E-state index is 14.2. The molecule has 0 heterocycles. The van der Waals surface area contributed by atoms with Crippen LogP contribution in [0.4, 0.5) is 35.9 Å². The molecule has 51 heavy (non-hydrogen) atoms. The first-order valence-electron chi connectivity index (χ1n) is 15.7. The number of benzene rings is 3. The SMILES string of the molecule is CC(C)(C)OC(=O)N[C@@H](CCCC(Cc1ccccc1)OC(N)=O)C(=O)N(Cc1ccc(OC(F)(F)F)cc1)Cc1ccc(OC(F)(F)F)cc1. The van der Waals surface area contributed by atoms with Gasteiger partial charge >= 0.3 is 24.9 Å². The van der Waals surface area contributed by atoms with Crippen LogP contribution in [0.25, 0.3) is 0 Å². The number of rotatable bonds is 15. The molecule has 0 spiro atoms. The summed E-state index contributed by atoms with van der Waals surface area (Å²) in [5.74, 6) is -1.61. The van der Waals surface area contributed by atoms with Crippen molar-refractivity contribution in [3.63, 3.8) is 0 Å². The van der Waals surface area contributed by atoms with Crippen LogP contribution in [0.3, 0.4) is 0 Å². The number of carbonyl (C=O) groups is 3. The van der Waals surface area contributed by atoms with Crippen molar-refractivity contribution < 1.29 is 59.7 Å². The van der Waals surface area contributed by atoms with Crippen LogP contribution in [0.15, 0.2) is 78.9 Å². The van der Waals surface area contributed by atoms with Gasteiger partial charge in [0.2, 0.25) is 5.91 Å². The van der Waals surface area contributed by atoms with E-state index in [4.69, 9.17) is 15.2 Å². The Labute approximate surface area is 290 Å². The van der Waals surface area contributed by atoms with Crippen molar-refractivity contribution in [2.75, 3.05) is 0 Å². The predicted molar refractivity (Wildman–Crippen MR) is 172 cm³/mol. The molecule has 0 aliphatic carbocycles. The zero-order chi connectivity index (χ0) is 37.8. The van der Waals surface area contributed by atoms with E-state index in [2.05, 4.69) is 14.8 Å². The van der Waals surface area contributed by atoms with Crippen LogP contribution >= 0.6 is 0 Å². The molecule has 1 unspecified atom stereocenters. The standard InChI is InChI=1S/C35H39F6N3O7/c1-33(2,3)51-32(47)43-29(11-7-10-28(48-31(42)46)20-23-8-5-4-6-9-23)30(45)44(21-24-12-16-26(17-13-24)49-34(36,37)38)22-25-14-18-27(19-15-25)50-35(39,40)41/h4-6,8-9,12-19,28-29H,7,10-11,20-22H2,1-3H3,(H2,42,46)(H,43,47)/t28?,29-/m0/s1. The molecule has 3 amide bonds. The number of amides is 3. The number of nitrogens with one attached hydrogen (secondary N) is 1. The fraction of sp³-hybridized carbons (Fsp3) is 0.400. The van der Waals surface area contributed by atoms with E-state index in [0.29, 0.717) is 17.5 Å². The number of alkyl halides is 6. The average molecular weight is 728 g/mol. The monoisotopic (exact) mass is 727 g/mol. The molecular weight excluding hydrogens is 688 g/mol. The Bertz CT molecular complexity index is 1500. The largest absolute Gasteiger partial charge is 0.573 e. The van der Waals surface area contributed by atoms with Gasteiger partial charge in [0.05, 0.1) is 0 Å². The number of nitrogens with zero attached hydrogens (tertiary/aromatic N) is 1. The van der Waals surface area contributed by atoms with Crippen molar-refractivity contribution in [3.8, 4) is 11.5 Å². The molecule has 3 rings (SSSR count). The van der Waals surface area contributed by atoms with Crippen LogP contribution in [0.5, 0.6) is 11.5 Å². The van der Waals surface area contributed by atoms with E-state index < -0.39 is 60.1 Å². The average Bonchev–Trinajstić information content (AvgIpc) is 2.99. The summed E-state index contributed by atoms with van der Waals surface area (Å²) in [6, 6.07) is 17.4. The summed E-state index contributed by atoms with van der Waals surface area (Å²) in [5, 5.41) is 2.58. The van der Waals surface area contributed by atoms with Gasteiger partial charge in [0.15, 0.2) is 0 Å². The van der Waals surface area contributed by atoms with E-state index in [0.717, 1.165) is 29.8 Å². The number of hydrogen-bond acceptors (Lipinski definition) is 7. The smallest absolute Gasteiger partial charge is 0.446 e. The Hall–Kier alpha value is -5.15. The second-order valence-electron chi connectivity index (χ2n) is 12.5. The third-order valence-electron chi connectivity index (χ3n) is 6.97. The first-order chi connectivity index (χ1) is 23.7. The van der Waals surface area contributed by atoms with Crippen LogP contribution in [0, 0.1) is 0 Å². The van der Waals surface area contributed by atoms with Gasteiger partial charge in [-0.15, -0.1) is 26.3 Å². The number of halogens is 6. The van der Waals surface area contributed by atoms with Crippen molar-refractivity contribution >= 4 is 18.1 Å². The van der Waals surface area contributed by atoms with Crippen LogP contribution in [-0.2, 0) is 33.8 Å². The van der Waals surface area contributed by atoms with Crippen molar-refractivity contribution in [1.82, 2.24) is 10.2 Å². The van der Waals surface area contributed by atoms with Crippen LogP contribution in [0.1, 0.15) is 56.7 Å². The number of nitrogens with two attached hydrogens (primary N) is 1. The highest BCUT2D eigenvalue weighted by Gasteiger charge is 2.33. The van der Waals surface area contributed by atoms with E-state index in [1.807, 2.05) is 30.3 Å². The zero-order valence-electron chi connectivity index (χ0n) is 28.1. The minimum Gasteiger partial charge on any atom is -0.446 e. The summed E-state index contributed by atoms with van der Waals surface area (Å²) in [5.41, 5.74) is 6.00. The van der Waals surface area contributed by atoms with Crippen molar-refractivity contribution in [2.24, 2.45) is 5.73 Å². The van der Waals surface area contributed by atoms with Gasteiger partial charge in [0.25, 0.3) is 0 Å². The zero-order valence-corrected chi connectivity index (χ0v) is 28.1. The molecule has 0 bridgehead atoms. The summed E-state index contributed by atoms with van der Waals surface area (Å²) in [4.78, 5) is 40.0. The molecule has 0 fully saturated rings. The summed E-state index contributed by atoms with van der Waals surface area (Å²) in [6.45, 7) is 4.52. The lowest BCUT2D eigenvalue weighted by atomic mass is 10.0. The molecule has 10 nitrogen and oxygen atoms in total. The third kappa shape index (κ3) is 16.0. The molecule has 0 aliphatic rings. The van der Waals surface area contributed by atoms with Crippen molar-refractivity contribution in [3.05, 3.63) is 95.6 Å². The first-order valence-corrected chi connectivity index (χ1v) is 15.7. The van der Waals surface area contributed by atoms with Crippen LogP contribution in [-0.4, -0.2) is 53.5 Å². The van der Waals surface area contributed by atoms with E-state index in [1.54, 1.807) is 20.8 Å². The minimum absolute atomic E-state index is 0.0265. The van der Waals surface area contributed by atoms with Gasteiger partial charge in [-0.2, -0.15) is 0 Å². The molecule has 2 atom stereocenters. The molecule has 3 N–H and O–H groups in total. The molecule has 0 saturated heterocycles. The highest BCUT2D eigenvalue weighted by atomic mass is 19.4. The van der Waals surface area contributed by atoms with Gasteiger partial charge in [-0.3, -0.25) is 4.79 Å². The number of hydrogen-bond donors (Lipinski definition) is 2. The van der Waals surface area contributed by atoms with E-state index in [9.17, 15) is 40.7 Å². The maximum Gasteiger partial charge on any atom is 0.573 e.